The van der Waals surface area contributed by atoms with Crippen LogP contribution in [0.4, 0.5) is 24.8 Å². The van der Waals surface area contributed by atoms with Crippen molar-refractivity contribution in [2.75, 3.05) is 42.9 Å². The number of alkyl halides is 3. The van der Waals surface area contributed by atoms with Gasteiger partial charge in [-0.2, -0.15) is 13.2 Å². The zero-order chi connectivity index (χ0) is 25.3. The van der Waals surface area contributed by atoms with Gasteiger partial charge in [-0.15, -0.1) is 0 Å². The number of nitrogens with zero attached hydrogens (tertiary/aromatic N) is 6. The molecular weight excluding hydrogens is 471 g/mol. The van der Waals surface area contributed by atoms with Crippen LogP contribution in [0.15, 0.2) is 6.20 Å². The molecular formula is C25H34F3N7O. The summed E-state index contributed by atoms with van der Waals surface area (Å²) in [6, 6.07) is 0. The average molecular weight is 506 g/mol. The van der Waals surface area contributed by atoms with E-state index in [-0.39, 0.29) is 18.2 Å². The Bertz CT molecular complexity index is 1090. The molecule has 0 saturated carbocycles. The summed E-state index contributed by atoms with van der Waals surface area (Å²) in [6.07, 6.45) is 1.91. The Labute approximate surface area is 209 Å². The smallest absolute Gasteiger partial charge is 0.356 e. The lowest BCUT2D eigenvalue weighted by molar-refractivity contribution is -0.134. The van der Waals surface area contributed by atoms with Gasteiger partial charge in [-0.25, -0.2) is 15.0 Å². The Morgan fingerprint density at radius 3 is 2.50 bits per heavy atom. The fourth-order valence-electron chi connectivity index (χ4n) is 5.60. The third-order valence-corrected chi connectivity index (χ3v) is 7.49. The van der Waals surface area contributed by atoms with Crippen LogP contribution in [0, 0.1) is 6.92 Å². The van der Waals surface area contributed by atoms with E-state index < -0.39 is 12.6 Å². The lowest BCUT2D eigenvalue weighted by Gasteiger charge is -2.35. The molecule has 0 atom stereocenters. The molecule has 2 aromatic rings. The number of aryl methyl sites for hydroxylation is 2. The maximum Gasteiger partial charge on any atom is 0.389 e. The zero-order valence-corrected chi connectivity index (χ0v) is 20.8. The van der Waals surface area contributed by atoms with Gasteiger partial charge in [0.1, 0.15) is 23.3 Å². The Morgan fingerprint density at radius 1 is 1.03 bits per heavy atom. The molecule has 36 heavy (non-hydrogen) atoms. The standard InChI is InChI=1S/C25H34F3N7O/c1-17-29-22-20(4-5-21(36)32-22)24(30-17)34-12-7-18(8-13-34)23-31-19(6-9-25(26,27)28)16-35(23)15-14-33-10-2-3-11-33/h16,18H,2-15H2,1H3,(H,29,30,32,36). The van der Waals surface area contributed by atoms with Crippen LogP contribution in [0.3, 0.4) is 0 Å². The molecule has 2 fully saturated rings. The van der Waals surface area contributed by atoms with Crippen LogP contribution < -0.4 is 10.2 Å². The number of hydrogen-bond acceptors (Lipinski definition) is 6. The minimum absolute atomic E-state index is 0.0210. The van der Waals surface area contributed by atoms with Crippen molar-refractivity contribution in [1.82, 2.24) is 24.4 Å². The minimum atomic E-state index is -4.18. The molecule has 0 aliphatic carbocycles. The van der Waals surface area contributed by atoms with Crippen molar-refractivity contribution < 1.29 is 18.0 Å². The number of amides is 1. The van der Waals surface area contributed by atoms with E-state index in [9.17, 15) is 18.0 Å². The summed E-state index contributed by atoms with van der Waals surface area (Å²) in [5.41, 5.74) is 1.52. The average Bonchev–Trinajstić information content (AvgIpc) is 3.50. The number of piperidine rings is 1. The third-order valence-electron chi connectivity index (χ3n) is 7.49. The van der Waals surface area contributed by atoms with Gasteiger partial charge >= 0.3 is 6.18 Å². The van der Waals surface area contributed by atoms with Crippen LogP contribution in [-0.4, -0.2) is 69.2 Å². The second-order valence-corrected chi connectivity index (χ2v) is 10.2. The molecule has 2 saturated heterocycles. The van der Waals surface area contributed by atoms with Crippen molar-refractivity contribution >= 4 is 17.5 Å². The van der Waals surface area contributed by atoms with E-state index in [1.807, 2.05) is 13.1 Å². The monoisotopic (exact) mass is 505 g/mol. The summed E-state index contributed by atoms with van der Waals surface area (Å²) >= 11 is 0. The van der Waals surface area contributed by atoms with Gasteiger partial charge in [-0.1, -0.05) is 0 Å². The number of anilines is 2. The van der Waals surface area contributed by atoms with E-state index in [0.29, 0.717) is 30.2 Å². The molecule has 3 aliphatic heterocycles. The maximum absolute atomic E-state index is 12.8. The summed E-state index contributed by atoms with van der Waals surface area (Å²) in [6.45, 7) is 7.22. The number of halogens is 3. The highest BCUT2D eigenvalue weighted by atomic mass is 19.4. The summed E-state index contributed by atoms with van der Waals surface area (Å²) in [5, 5.41) is 2.87. The number of likely N-dealkylation sites (tertiary alicyclic amines) is 1. The molecule has 5 heterocycles. The number of fused-ring (bicyclic) bond motifs is 1. The Morgan fingerprint density at radius 2 is 1.78 bits per heavy atom. The van der Waals surface area contributed by atoms with Gasteiger partial charge in [0.15, 0.2) is 0 Å². The highest BCUT2D eigenvalue weighted by molar-refractivity contribution is 5.93. The maximum atomic E-state index is 12.8. The predicted molar refractivity (Wildman–Crippen MR) is 130 cm³/mol. The van der Waals surface area contributed by atoms with Crippen molar-refractivity contribution in [3.63, 3.8) is 0 Å². The first-order valence-corrected chi connectivity index (χ1v) is 13.0. The van der Waals surface area contributed by atoms with Gasteiger partial charge < -0.3 is 19.7 Å². The molecule has 1 N–H and O–H groups in total. The summed E-state index contributed by atoms with van der Waals surface area (Å²) in [5.74, 6) is 3.21. The molecule has 2 aromatic heterocycles. The quantitative estimate of drug-likeness (QED) is 0.616. The lowest BCUT2D eigenvalue weighted by Crippen LogP contribution is -2.36. The number of carbonyl (C=O) groups excluding carboxylic acids is 1. The molecule has 1 amide bonds. The molecule has 0 unspecified atom stereocenters. The number of nitrogens with one attached hydrogen (secondary N) is 1. The van der Waals surface area contributed by atoms with E-state index in [1.165, 1.54) is 12.8 Å². The number of carbonyl (C=O) groups is 1. The Kier molecular flexibility index (Phi) is 7.18. The first-order chi connectivity index (χ1) is 17.2. The van der Waals surface area contributed by atoms with E-state index in [1.54, 1.807) is 0 Å². The second-order valence-electron chi connectivity index (χ2n) is 10.2. The molecule has 0 bridgehead atoms. The summed E-state index contributed by atoms with van der Waals surface area (Å²) < 4.78 is 40.7. The number of rotatable bonds is 7. The van der Waals surface area contributed by atoms with Crippen LogP contribution in [0.2, 0.25) is 0 Å². The van der Waals surface area contributed by atoms with Gasteiger partial charge in [-0.3, -0.25) is 4.79 Å². The van der Waals surface area contributed by atoms with E-state index in [0.717, 1.165) is 69.3 Å². The lowest BCUT2D eigenvalue weighted by atomic mass is 9.95. The largest absolute Gasteiger partial charge is 0.389 e. The van der Waals surface area contributed by atoms with Crippen LogP contribution in [0.1, 0.15) is 67.3 Å². The molecule has 196 valence electrons. The Balaban J connectivity index is 1.30. The van der Waals surface area contributed by atoms with Crippen molar-refractivity contribution in [3.8, 4) is 0 Å². The highest BCUT2D eigenvalue weighted by Crippen LogP contribution is 2.35. The fraction of sp³-hybridized carbons (Fsp3) is 0.680. The van der Waals surface area contributed by atoms with Gasteiger partial charge in [0.25, 0.3) is 0 Å². The molecule has 5 rings (SSSR count). The number of imidazole rings is 1. The molecule has 0 aromatic carbocycles. The molecule has 3 aliphatic rings. The summed E-state index contributed by atoms with van der Waals surface area (Å²) in [7, 11) is 0. The molecule has 0 radical (unpaired) electrons. The van der Waals surface area contributed by atoms with Crippen LogP contribution >= 0.6 is 0 Å². The van der Waals surface area contributed by atoms with Gasteiger partial charge in [0, 0.05) is 56.7 Å². The molecule has 0 spiro atoms. The zero-order valence-electron chi connectivity index (χ0n) is 20.8. The molecule has 11 heteroatoms. The van der Waals surface area contributed by atoms with Gasteiger partial charge in [0.05, 0.1) is 5.69 Å². The van der Waals surface area contributed by atoms with E-state index in [4.69, 9.17) is 9.97 Å². The summed E-state index contributed by atoms with van der Waals surface area (Å²) in [4.78, 5) is 30.4. The normalized spacial score (nSPS) is 19.6. The van der Waals surface area contributed by atoms with Gasteiger partial charge in [0.2, 0.25) is 5.91 Å². The van der Waals surface area contributed by atoms with Crippen molar-refractivity contribution in [3.05, 3.63) is 29.1 Å². The first kappa shape index (κ1) is 25.0. The van der Waals surface area contributed by atoms with Crippen molar-refractivity contribution in [1.29, 1.82) is 0 Å². The number of hydrogen-bond donors (Lipinski definition) is 1. The Hall–Kier alpha value is -2.69. The third kappa shape index (κ3) is 5.82. The molecule has 8 nitrogen and oxygen atoms in total. The minimum Gasteiger partial charge on any atom is -0.356 e. The van der Waals surface area contributed by atoms with Crippen molar-refractivity contribution in [2.24, 2.45) is 0 Å². The van der Waals surface area contributed by atoms with Crippen molar-refractivity contribution in [2.45, 2.75) is 76.9 Å². The fourth-order valence-corrected chi connectivity index (χ4v) is 5.60. The highest BCUT2D eigenvalue weighted by Gasteiger charge is 2.31. The SMILES string of the molecule is Cc1nc2c(c(N3CCC(c4nc(CCC(F)(F)F)cn4CCN4CCCC4)CC3)n1)CCC(=O)N2. The first-order valence-electron chi connectivity index (χ1n) is 13.0. The second kappa shape index (κ2) is 10.4. The topological polar surface area (TPSA) is 79.2 Å². The number of aromatic nitrogens is 4. The van der Waals surface area contributed by atoms with Crippen LogP contribution in [0.25, 0.3) is 0 Å². The predicted octanol–water partition coefficient (Wildman–Crippen LogP) is 3.84. The van der Waals surface area contributed by atoms with Crippen LogP contribution in [-0.2, 0) is 24.2 Å². The van der Waals surface area contributed by atoms with E-state index in [2.05, 4.69) is 24.7 Å². The van der Waals surface area contributed by atoms with Crippen LogP contribution in [0.5, 0.6) is 0 Å². The van der Waals surface area contributed by atoms with E-state index >= 15 is 0 Å². The van der Waals surface area contributed by atoms with Gasteiger partial charge in [-0.05, 0) is 58.5 Å².